The maximum Gasteiger partial charge on any atom is 0.123 e. The van der Waals surface area contributed by atoms with Gasteiger partial charge in [0.15, 0.2) is 0 Å². The third-order valence-electron chi connectivity index (χ3n) is 3.43. The maximum absolute atomic E-state index is 13.1. The van der Waals surface area contributed by atoms with Crippen molar-refractivity contribution in [3.05, 3.63) is 35.1 Å². The molecule has 1 rings (SSSR count). The van der Waals surface area contributed by atoms with Crippen LogP contribution in [0.5, 0.6) is 0 Å². The van der Waals surface area contributed by atoms with Gasteiger partial charge in [-0.2, -0.15) is 0 Å². The zero-order valence-electron chi connectivity index (χ0n) is 11.6. The second-order valence-corrected chi connectivity index (χ2v) is 5.07. The molecule has 0 aliphatic rings. The summed E-state index contributed by atoms with van der Waals surface area (Å²) in [5.74, 6) is -0.266. The number of aliphatic hydroxyl groups is 1. The van der Waals surface area contributed by atoms with Crippen molar-refractivity contribution in [2.45, 2.75) is 64.9 Å². The van der Waals surface area contributed by atoms with E-state index in [0.717, 1.165) is 30.4 Å². The fraction of sp³-hybridized carbons (Fsp3) is 0.625. The normalized spacial score (nSPS) is 12.7. The Bertz CT molecular complexity index is 349. The van der Waals surface area contributed by atoms with Gasteiger partial charge in [0.25, 0.3) is 0 Å². The molecule has 0 heterocycles. The predicted octanol–water partition coefficient (Wildman–Crippen LogP) is 4.92. The number of rotatable bonds is 8. The van der Waals surface area contributed by atoms with Crippen LogP contribution < -0.4 is 0 Å². The molecule has 18 heavy (non-hydrogen) atoms. The van der Waals surface area contributed by atoms with Crippen molar-refractivity contribution in [2.75, 3.05) is 0 Å². The summed E-state index contributed by atoms with van der Waals surface area (Å²) in [6, 6.07) is 4.63. The smallest absolute Gasteiger partial charge is 0.123 e. The Hall–Kier alpha value is -0.890. The second-order valence-electron chi connectivity index (χ2n) is 5.07. The summed E-state index contributed by atoms with van der Waals surface area (Å²) in [6.07, 6.45) is 7.46. The summed E-state index contributed by atoms with van der Waals surface area (Å²) in [5, 5.41) is 10.1. The van der Waals surface area contributed by atoms with Crippen molar-refractivity contribution in [1.82, 2.24) is 0 Å². The molecule has 0 bridgehead atoms. The number of aryl methyl sites for hydroxylation is 1. The fourth-order valence-electron chi connectivity index (χ4n) is 2.24. The van der Waals surface area contributed by atoms with Gasteiger partial charge in [-0.1, -0.05) is 51.5 Å². The molecule has 0 amide bonds. The van der Waals surface area contributed by atoms with Gasteiger partial charge in [-0.3, -0.25) is 0 Å². The highest BCUT2D eigenvalue weighted by molar-refractivity contribution is 5.28. The maximum atomic E-state index is 13.1. The topological polar surface area (TPSA) is 20.2 Å². The standard InChI is InChI=1S/C16H25FO/c1-3-4-5-6-7-8-9-16(18)15-12-14(17)11-10-13(15)2/h10-12,16,18H,3-9H2,1-2H3. The summed E-state index contributed by atoms with van der Waals surface area (Å²) in [7, 11) is 0. The monoisotopic (exact) mass is 252 g/mol. The lowest BCUT2D eigenvalue weighted by atomic mass is 9.98. The number of hydrogen-bond acceptors (Lipinski definition) is 1. The summed E-state index contributed by atoms with van der Waals surface area (Å²) >= 11 is 0. The van der Waals surface area contributed by atoms with Crippen LogP contribution in [0, 0.1) is 12.7 Å². The van der Waals surface area contributed by atoms with Crippen molar-refractivity contribution in [3.8, 4) is 0 Å². The number of hydrogen-bond donors (Lipinski definition) is 1. The Balaban J connectivity index is 2.31. The molecule has 0 saturated heterocycles. The Morgan fingerprint density at radius 3 is 2.50 bits per heavy atom. The van der Waals surface area contributed by atoms with E-state index in [1.54, 1.807) is 6.07 Å². The van der Waals surface area contributed by atoms with E-state index < -0.39 is 6.10 Å². The van der Waals surface area contributed by atoms with E-state index in [9.17, 15) is 9.50 Å². The van der Waals surface area contributed by atoms with Crippen LogP contribution in [0.25, 0.3) is 0 Å². The minimum atomic E-state index is -0.521. The third kappa shape index (κ3) is 5.18. The van der Waals surface area contributed by atoms with E-state index in [0.29, 0.717) is 0 Å². The fourth-order valence-corrected chi connectivity index (χ4v) is 2.24. The highest BCUT2D eigenvalue weighted by atomic mass is 19.1. The molecular weight excluding hydrogens is 227 g/mol. The van der Waals surface area contributed by atoms with Gasteiger partial charge in [-0.25, -0.2) is 4.39 Å². The third-order valence-corrected chi connectivity index (χ3v) is 3.43. The summed E-state index contributed by atoms with van der Waals surface area (Å²) in [5.41, 5.74) is 1.71. The molecule has 0 saturated carbocycles. The highest BCUT2D eigenvalue weighted by Crippen LogP contribution is 2.24. The van der Waals surface area contributed by atoms with Gasteiger partial charge in [0.05, 0.1) is 6.10 Å². The summed E-state index contributed by atoms with van der Waals surface area (Å²) in [6.45, 7) is 4.12. The zero-order valence-corrected chi connectivity index (χ0v) is 11.6. The van der Waals surface area contributed by atoms with Gasteiger partial charge in [0, 0.05) is 0 Å². The van der Waals surface area contributed by atoms with E-state index in [2.05, 4.69) is 6.92 Å². The zero-order chi connectivity index (χ0) is 13.4. The van der Waals surface area contributed by atoms with Gasteiger partial charge in [0.1, 0.15) is 5.82 Å². The molecule has 0 aromatic heterocycles. The molecule has 0 aliphatic carbocycles. The van der Waals surface area contributed by atoms with Crippen LogP contribution in [0.3, 0.4) is 0 Å². The predicted molar refractivity (Wildman–Crippen MR) is 74.1 cm³/mol. The molecule has 0 aliphatic heterocycles. The molecular formula is C16H25FO. The molecule has 102 valence electrons. The molecule has 1 atom stereocenters. The molecule has 0 spiro atoms. The first-order valence-corrected chi connectivity index (χ1v) is 7.09. The van der Waals surface area contributed by atoms with Gasteiger partial charge < -0.3 is 5.11 Å². The molecule has 0 radical (unpaired) electrons. The van der Waals surface area contributed by atoms with Gasteiger partial charge in [0.2, 0.25) is 0 Å². The van der Waals surface area contributed by atoms with Crippen LogP contribution in [-0.2, 0) is 0 Å². The first-order valence-electron chi connectivity index (χ1n) is 7.09. The van der Waals surface area contributed by atoms with Crippen molar-refractivity contribution >= 4 is 0 Å². The van der Waals surface area contributed by atoms with Crippen molar-refractivity contribution in [3.63, 3.8) is 0 Å². The highest BCUT2D eigenvalue weighted by Gasteiger charge is 2.10. The van der Waals surface area contributed by atoms with Crippen LogP contribution in [0.4, 0.5) is 4.39 Å². The lowest BCUT2D eigenvalue weighted by Crippen LogP contribution is -2.01. The minimum absolute atomic E-state index is 0.266. The van der Waals surface area contributed by atoms with Crippen LogP contribution in [0.2, 0.25) is 0 Å². The van der Waals surface area contributed by atoms with E-state index in [1.165, 1.54) is 37.8 Å². The number of benzene rings is 1. The van der Waals surface area contributed by atoms with E-state index in [4.69, 9.17) is 0 Å². The quantitative estimate of drug-likeness (QED) is 0.651. The number of halogens is 1. The molecule has 2 heteroatoms. The van der Waals surface area contributed by atoms with Crippen molar-refractivity contribution < 1.29 is 9.50 Å². The lowest BCUT2D eigenvalue weighted by molar-refractivity contribution is 0.162. The van der Waals surface area contributed by atoms with Gasteiger partial charge in [-0.15, -0.1) is 0 Å². The SMILES string of the molecule is CCCCCCCCC(O)c1cc(F)ccc1C. The van der Waals surface area contributed by atoms with E-state index in [-0.39, 0.29) is 5.82 Å². The number of aliphatic hydroxyl groups excluding tert-OH is 1. The van der Waals surface area contributed by atoms with Crippen molar-refractivity contribution in [2.24, 2.45) is 0 Å². The average Bonchev–Trinajstić information content (AvgIpc) is 2.36. The number of unbranched alkanes of at least 4 members (excludes halogenated alkanes) is 5. The second kappa shape index (κ2) is 8.25. The Kier molecular flexibility index (Phi) is 6.96. The first-order chi connectivity index (χ1) is 8.65. The Morgan fingerprint density at radius 1 is 1.11 bits per heavy atom. The minimum Gasteiger partial charge on any atom is -0.388 e. The first kappa shape index (κ1) is 15.2. The Labute approximate surface area is 110 Å². The lowest BCUT2D eigenvalue weighted by Gasteiger charge is -2.13. The van der Waals surface area contributed by atoms with Crippen LogP contribution >= 0.6 is 0 Å². The van der Waals surface area contributed by atoms with Gasteiger partial charge in [-0.05, 0) is 36.6 Å². The Morgan fingerprint density at radius 2 is 1.78 bits per heavy atom. The summed E-state index contributed by atoms with van der Waals surface area (Å²) < 4.78 is 13.1. The molecule has 1 nitrogen and oxygen atoms in total. The van der Waals surface area contributed by atoms with Crippen LogP contribution in [-0.4, -0.2) is 5.11 Å². The van der Waals surface area contributed by atoms with Crippen LogP contribution in [0.15, 0.2) is 18.2 Å². The molecule has 1 unspecified atom stereocenters. The van der Waals surface area contributed by atoms with Crippen molar-refractivity contribution in [1.29, 1.82) is 0 Å². The van der Waals surface area contributed by atoms with Crippen LogP contribution in [0.1, 0.15) is 69.1 Å². The molecule has 1 aromatic rings. The largest absolute Gasteiger partial charge is 0.388 e. The van der Waals surface area contributed by atoms with E-state index >= 15 is 0 Å². The van der Waals surface area contributed by atoms with Gasteiger partial charge >= 0.3 is 0 Å². The molecule has 0 fully saturated rings. The summed E-state index contributed by atoms with van der Waals surface area (Å²) in [4.78, 5) is 0. The average molecular weight is 252 g/mol. The molecule has 1 aromatic carbocycles. The van der Waals surface area contributed by atoms with E-state index in [1.807, 2.05) is 6.92 Å². The molecule has 1 N–H and O–H groups in total.